The fourth-order valence-corrected chi connectivity index (χ4v) is 2.73. The highest BCUT2D eigenvalue weighted by atomic mass is 16.5. The Morgan fingerprint density at radius 1 is 0.941 bits per heavy atom. The Labute approximate surface area is 106 Å². The summed E-state index contributed by atoms with van der Waals surface area (Å²) in [5.41, 5.74) is -0.222. The van der Waals surface area contributed by atoms with Crippen molar-refractivity contribution in [2.24, 2.45) is 5.41 Å². The minimum Gasteiger partial charge on any atom is -0.466 e. The predicted molar refractivity (Wildman–Crippen MR) is 70.9 cm³/mol. The maximum atomic E-state index is 12.0. The Morgan fingerprint density at radius 2 is 1.35 bits per heavy atom. The number of hydrogen-bond donors (Lipinski definition) is 0. The number of carbonyl (C=O) groups excluding carboxylic acids is 1. The molecule has 1 aliphatic carbocycles. The Balaban J connectivity index is 2.54. The van der Waals surface area contributed by atoms with Crippen molar-refractivity contribution in [2.75, 3.05) is 6.61 Å². The molecule has 0 aromatic carbocycles. The van der Waals surface area contributed by atoms with Gasteiger partial charge in [-0.2, -0.15) is 0 Å². The minimum atomic E-state index is -0.222. The molecule has 2 heteroatoms. The van der Waals surface area contributed by atoms with Crippen molar-refractivity contribution in [1.29, 1.82) is 0 Å². The Kier molecular flexibility index (Phi) is 6.61. The van der Waals surface area contributed by atoms with Crippen molar-refractivity contribution in [3.8, 4) is 0 Å². The molecule has 2 nitrogen and oxygen atoms in total. The molecule has 100 valence electrons. The molecule has 0 radical (unpaired) electrons. The summed E-state index contributed by atoms with van der Waals surface area (Å²) in [4.78, 5) is 12.0. The van der Waals surface area contributed by atoms with E-state index in [1.165, 1.54) is 51.4 Å². The van der Waals surface area contributed by atoms with Gasteiger partial charge in [0.05, 0.1) is 12.0 Å². The second-order valence-electron chi connectivity index (χ2n) is 5.61. The molecule has 0 spiro atoms. The molecule has 0 atom stereocenters. The summed E-state index contributed by atoms with van der Waals surface area (Å²) >= 11 is 0. The van der Waals surface area contributed by atoms with Crippen LogP contribution in [0.3, 0.4) is 0 Å². The SMILES string of the molecule is CCOC(=O)C1(C)CCCCCCCCCC1. The Hall–Kier alpha value is -0.530. The van der Waals surface area contributed by atoms with E-state index < -0.39 is 0 Å². The van der Waals surface area contributed by atoms with E-state index in [1.807, 2.05) is 6.92 Å². The van der Waals surface area contributed by atoms with Crippen LogP contribution in [0.15, 0.2) is 0 Å². The van der Waals surface area contributed by atoms with Crippen LogP contribution in [0.4, 0.5) is 0 Å². The van der Waals surface area contributed by atoms with Crippen molar-refractivity contribution in [2.45, 2.75) is 78.1 Å². The largest absolute Gasteiger partial charge is 0.466 e. The van der Waals surface area contributed by atoms with Crippen LogP contribution in [0, 0.1) is 5.41 Å². The summed E-state index contributed by atoms with van der Waals surface area (Å²) in [5.74, 6) is 0.0271. The van der Waals surface area contributed by atoms with E-state index in [0.717, 1.165) is 12.8 Å². The maximum Gasteiger partial charge on any atom is 0.311 e. The molecule has 0 saturated heterocycles. The monoisotopic (exact) mass is 240 g/mol. The number of ether oxygens (including phenoxy) is 1. The summed E-state index contributed by atoms with van der Waals surface area (Å²) in [6.45, 7) is 4.50. The molecular formula is C15H28O2. The molecule has 1 saturated carbocycles. The molecule has 1 aliphatic rings. The average molecular weight is 240 g/mol. The van der Waals surface area contributed by atoms with Crippen LogP contribution < -0.4 is 0 Å². The van der Waals surface area contributed by atoms with Gasteiger partial charge in [0.2, 0.25) is 0 Å². The molecule has 0 bridgehead atoms. The first-order valence-electron chi connectivity index (χ1n) is 7.36. The van der Waals surface area contributed by atoms with E-state index in [2.05, 4.69) is 6.92 Å². The van der Waals surface area contributed by atoms with Crippen molar-refractivity contribution in [3.63, 3.8) is 0 Å². The van der Waals surface area contributed by atoms with Gasteiger partial charge in [-0.15, -0.1) is 0 Å². The van der Waals surface area contributed by atoms with Crippen LogP contribution in [0.5, 0.6) is 0 Å². The quantitative estimate of drug-likeness (QED) is 0.666. The van der Waals surface area contributed by atoms with E-state index in [9.17, 15) is 4.79 Å². The molecule has 1 rings (SSSR count). The highest BCUT2D eigenvalue weighted by molar-refractivity contribution is 5.76. The second-order valence-corrected chi connectivity index (χ2v) is 5.61. The third-order valence-electron chi connectivity index (χ3n) is 3.98. The van der Waals surface area contributed by atoms with Crippen LogP contribution in [-0.4, -0.2) is 12.6 Å². The van der Waals surface area contributed by atoms with E-state index >= 15 is 0 Å². The molecular weight excluding hydrogens is 212 g/mol. The van der Waals surface area contributed by atoms with Gasteiger partial charge in [0.25, 0.3) is 0 Å². The molecule has 0 aromatic rings. The first kappa shape index (κ1) is 14.5. The van der Waals surface area contributed by atoms with E-state index in [-0.39, 0.29) is 11.4 Å². The maximum absolute atomic E-state index is 12.0. The first-order chi connectivity index (χ1) is 8.19. The molecule has 0 aromatic heterocycles. The number of esters is 1. The normalized spacial score (nSPS) is 22.5. The lowest BCUT2D eigenvalue weighted by Gasteiger charge is -2.27. The second kappa shape index (κ2) is 7.73. The molecule has 0 aliphatic heterocycles. The van der Waals surface area contributed by atoms with E-state index in [4.69, 9.17) is 4.74 Å². The highest BCUT2D eigenvalue weighted by Crippen LogP contribution is 2.33. The lowest BCUT2D eigenvalue weighted by molar-refractivity contribution is -0.155. The summed E-state index contributed by atoms with van der Waals surface area (Å²) in [6.07, 6.45) is 12.3. The Bertz CT molecular complexity index is 211. The number of rotatable bonds is 2. The van der Waals surface area contributed by atoms with Gasteiger partial charge in [0.15, 0.2) is 0 Å². The smallest absolute Gasteiger partial charge is 0.311 e. The molecule has 0 heterocycles. The van der Waals surface area contributed by atoms with Crippen LogP contribution >= 0.6 is 0 Å². The van der Waals surface area contributed by atoms with Gasteiger partial charge in [-0.1, -0.05) is 51.4 Å². The summed E-state index contributed by atoms with van der Waals surface area (Å²) in [6, 6.07) is 0. The number of hydrogen-bond acceptors (Lipinski definition) is 2. The molecule has 0 amide bonds. The molecule has 0 unspecified atom stereocenters. The third-order valence-corrected chi connectivity index (χ3v) is 3.98. The molecule has 0 N–H and O–H groups in total. The predicted octanol–water partition coefficient (Wildman–Crippen LogP) is 4.47. The zero-order valence-corrected chi connectivity index (χ0v) is 11.6. The van der Waals surface area contributed by atoms with Crippen LogP contribution in [-0.2, 0) is 9.53 Å². The van der Waals surface area contributed by atoms with Gasteiger partial charge in [0.1, 0.15) is 0 Å². The molecule has 17 heavy (non-hydrogen) atoms. The van der Waals surface area contributed by atoms with Gasteiger partial charge in [0, 0.05) is 0 Å². The zero-order valence-electron chi connectivity index (χ0n) is 11.6. The topological polar surface area (TPSA) is 26.3 Å². The van der Waals surface area contributed by atoms with Gasteiger partial charge >= 0.3 is 5.97 Å². The lowest BCUT2D eigenvalue weighted by Crippen LogP contribution is -2.30. The Morgan fingerprint density at radius 3 is 1.76 bits per heavy atom. The van der Waals surface area contributed by atoms with Gasteiger partial charge in [-0.3, -0.25) is 4.79 Å². The van der Waals surface area contributed by atoms with Crippen molar-refractivity contribution >= 4 is 5.97 Å². The number of carbonyl (C=O) groups is 1. The van der Waals surface area contributed by atoms with Crippen molar-refractivity contribution in [1.82, 2.24) is 0 Å². The fourth-order valence-electron chi connectivity index (χ4n) is 2.73. The third kappa shape index (κ3) is 5.10. The van der Waals surface area contributed by atoms with E-state index in [0.29, 0.717) is 6.61 Å². The van der Waals surface area contributed by atoms with Crippen LogP contribution in [0.1, 0.15) is 78.1 Å². The van der Waals surface area contributed by atoms with E-state index in [1.54, 1.807) is 0 Å². The van der Waals surface area contributed by atoms with Gasteiger partial charge in [-0.05, 0) is 26.7 Å². The van der Waals surface area contributed by atoms with Crippen molar-refractivity contribution in [3.05, 3.63) is 0 Å². The summed E-state index contributed by atoms with van der Waals surface area (Å²) < 4.78 is 5.25. The van der Waals surface area contributed by atoms with Gasteiger partial charge in [-0.25, -0.2) is 0 Å². The molecule has 1 fully saturated rings. The average Bonchev–Trinajstić information content (AvgIpc) is 2.35. The fraction of sp³-hybridized carbons (Fsp3) is 0.933. The summed E-state index contributed by atoms with van der Waals surface area (Å²) in [7, 11) is 0. The first-order valence-corrected chi connectivity index (χ1v) is 7.36. The standard InChI is InChI=1S/C15H28O2/c1-3-17-14(16)15(2)12-10-8-6-4-5-7-9-11-13-15/h3-13H2,1-2H3. The van der Waals surface area contributed by atoms with Gasteiger partial charge < -0.3 is 4.74 Å². The van der Waals surface area contributed by atoms with Crippen LogP contribution in [0.25, 0.3) is 0 Å². The lowest BCUT2D eigenvalue weighted by atomic mass is 9.80. The summed E-state index contributed by atoms with van der Waals surface area (Å²) in [5, 5.41) is 0. The highest BCUT2D eigenvalue weighted by Gasteiger charge is 2.33. The van der Waals surface area contributed by atoms with Crippen molar-refractivity contribution < 1.29 is 9.53 Å². The minimum absolute atomic E-state index is 0.0271. The van der Waals surface area contributed by atoms with Crippen LogP contribution in [0.2, 0.25) is 0 Å². The zero-order chi connectivity index (χ0) is 12.6.